The second-order valence-corrected chi connectivity index (χ2v) is 7.62. The van der Waals surface area contributed by atoms with Gasteiger partial charge in [-0.2, -0.15) is 0 Å². The summed E-state index contributed by atoms with van der Waals surface area (Å²) in [5.74, 6) is -1.12. The van der Waals surface area contributed by atoms with Gasteiger partial charge in [0, 0.05) is 12.1 Å². The van der Waals surface area contributed by atoms with E-state index in [1.54, 1.807) is 0 Å². The molecule has 6 nitrogen and oxygen atoms in total. The Labute approximate surface area is 115 Å². The molecule has 1 aliphatic rings. The molecule has 0 bridgehead atoms. The lowest BCUT2D eigenvalue weighted by molar-refractivity contribution is 0.0702. The van der Waals surface area contributed by atoms with Gasteiger partial charge in [0.05, 0.1) is 0 Å². The molecule has 19 heavy (non-hydrogen) atoms. The molecule has 2 unspecified atom stereocenters. The molecule has 2 rings (SSSR count). The van der Waals surface area contributed by atoms with E-state index < -0.39 is 16.0 Å². The summed E-state index contributed by atoms with van der Waals surface area (Å²) in [6, 6.07) is 2.16. The van der Waals surface area contributed by atoms with Crippen LogP contribution in [0.2, 0.25) is 0 Å². The zero-order valence-electron chi connectivity index (χ0n) is 10.2. The van der Waals surface area contributed by atoms with Crippen molar-refractivity contribution in [2.45, 2.75) is 42.0 Å². The minimum atomic E-state index is -3.68. The van der Waals surface area contributed by atoms with Crippen molar-refractivity contribution in [3.8, 4) is 0 Å². The zero-order valence-corrected chi connectivity index (χ0v) is 11.8. The lowest BCUT2D eigenvalue weighted by atomic mass is 9.92. The third-order valence-corrected chi connectivity index (χ3v) is 6.24. The molecule has 8 heteroatoms. The van der Waals surface area contributed by atoms with Crippen LogP contribution in [0.4, 0.5) is 0 Å². The smallest absolute Gasteiger partial charge is 0.345 e. The lowest BCUT2D eigenvalue weighted by Crippen LogP contribution is -2.49. The van der Waals surface area contributed by atoms with Crippen LogP contribution in [-0.2, 0) is 10.0 Å². The number of thiophene rings is 1. The van der Waals surface area contributed by atoms with Crippen LogP contribution in [-0.4, -0.2) is 31.6 Å². The summed E-state index contributed by atoms with van der Waals surface area (Å²) >= 11 is 0.747. The lowest BCUT2D eigenvalue weighted by Gasteiger charge is -2.28. The van der Waals surface area contributed by atoms with Crippen LogP contribution < -0.4 is 10.5 Å². The summed E-state index contributed by atoms with van der Waals surface area (Å²) < 4.78 is 26.9. The number of hydrogen-bond acceptors (Lipinski definition) is 5. The molecular formula is C11H16N2O4S2. The number of hydrogen-bond donors (Lipinski definition) is 3. The van der Waals surface area contributed by atoms with Gasteiger partial charge in [0.2, 0.25) is 10.0 Å². The predicted octanol–water partition coefficient (Wildman–Crippen LogP) is 0.994. The molecular weight excluding hydrogens is 288 g/mol. The van der Waals surface area contributed by atoms with Crippen molar-refractivity contribution >= 4 is 27.3 Å². The highest BCUT2D eigenvalue weighted by Gasteiger charge is 2.28. The molecule has 0 aliphatic heterocycles. The quantitative estimate of drug-likeness (QED) is 0.768. The van der Waals surface area contributed by atoms with Crippen LogP contribution >= 0.6 is 11.3 Å². The van der Waals surface area contributed by atoms with E-state index in [0.717, 1.165) is 37.0 Å². The molecule has 1 aliphatic carbocycles. The highest BCUT2D eigenvalue weighted by molar-refractivity contribution is 7.91. The number of rotatable bonds is 4. The number of sulfonamides is 1. The Kier molecular flexibility index (Phi) is 4.24. The van der Waals surface area contributed by atoms with Gasteiger partial charge in [0.15, 0.2) is 0 Å². The molecule has 2 atom stereocenters. The Morgan fingerprint density at radius 1 is 1.37 bits per heavy atom. The van der Waals surface area contributed by atoms with E-state index in [2.05, 4.69) is 4.72 Å². The Balaban J connectivity index is 2.15. The van der Waals surface area contributed by atoms with Gasteiger partial charge < -0.3 is 10.8 Å². The van der Waals surface area contributed by atoms with Crippen molar-refractivity contribution in [3.63, 3.8) is 0 Å². The Hall–Kier alpha value is -0.960. The van der Waals surface area contributed by atoms with Gasteiger partial charge in [-0.25, -0.2) is 17.9 Å². The maximum Gasteiger partial charge on any atom is 0.345 e. The highest BCUT2D eigenvalue weighted by atomic mass is 32.2. The van der Waals surface area contributed by atoms with Crippen molar-refractivity contribution in [3.05, 3.63) is 17.0 Å². The average molecular weight is 304 g/mol. The monoisotopic (exact) mass is 304 g/mol. The van der Waals surface area contributed by atoms with Crippen molar-refractivity contribution in [2.24, 2.45) is 5.73 Å². The van der Waals surface area contributed by atoms with E-state index in [1.165, 1.54) is 12.1 Å². The van der Waals surface area contributed by atoms with E-state index in [9.17, 15) is 13.2 Å². The maximum atomic E-state index is 12.1. The molecule has 1 fully saturated rings. The number of aromatic carboxylic acids is 1. The van der Waals surface area contributed by atoms with Crippen LogP contribution in [0, 0.1) is 0 Å². The normalized spacial score (nSPS) is 24.3. The first-order valence-corrected chi connectivity index (χ1v) is 8.31. The standard InChI is InChI=1S/C11H16N2O4S2/c12-7-3-1-2-4-8(7)13-19(16,17)10-6-5-9(18-10)11(14)15/h5-8,13H,1-4,12H2,(H,14,15). The number of nitrogens with two attached hydrogens (primary N) is 1. The predicted molar refractivity (Wildman–Crippen MR) is 71.8 cm³/mol. The first-order chi connectivity index (χ1) is 8.90. The van der Waals surface area contributed by atoms with Gasteiger partial charge in [-0.15, -0.1) is 11.3 Å². The minimum absolute atomic E-state index is 0.00770. The fourth-order valence-corrected chi connectivity index (χ4v) is 4.63. The van der Waals surface area contributed by atoms with Crippen molar-refractivity contribution in [2.75, 3.05) is 0 Å². The molecule has 1 aromatic heterocycles. The zero-order chi connectivity index (χ0) is 14.0. The second kappa shape index (κ2) is 5.58. The Bertz CT molecular complexity index is 567. The summed E-state index contributed by atoms with van der Waals surface area (Å²) in [6.45, 7) is 0. The molecule has 0 radical (unpaired) electrons. The Morgan fingerprint density at radius 3 is 2.63 bits per heavy atom. The summed E-state index contributed by atoms with van der Waals surface area (Å²) in [5, 5.41) is 8.80. The molecule has 0 aromatic carbocycles. The maximum absolute atomic E-state index is 12.1. The molecule has 0 amide bonds. The van der Waals surface area contributed by atoms with Crippen LogP contribution in [0.1, 0.15) is 35.4 Å². The highest BCUT2D eigenvalue weighted by Crippen LogP contribution is 2.24. The third kappa shape index (κ3) is 3.33. The average Bonchev–Trinajstić information content (AvgIpc) is 2.82. The van der Waals surface area contributed by atoms with E-state index in [0.29, 0.717) is 0 Å². The largest absolute Gasteiger partial charge is 0.477 e. The van der Waals surface area contributed by atoms with Crippen LogP contribution in [0.5, 0.6) is 0 Å². The third-order valence-electron chi connectivity index (χ3n) is 3.18. The van der Waals surface area contributed by atoms with E-state index in [1.807, 2.05) is 0 Å². The van der Waals surface area contributed by atoms with Crippen molar-refractivity contribution in [1.82, 2.24) is 4.72 Å². The summed E-state index contributed by atoms with van der Waals surface area (Å²) in [5.41, 5.74) is 5.90. The summed E-state index contributed by atoms with van der Waals surface area (Å²) in [4.78, 5) is 10.8. The molecule has 106 valence electrons. The molecule has 1 heterocycles. The van der Waals surface area contributed by atoms with E-state index in [4.69, 9.17) is 10.8 Å². The fourth-order valence-electron chi connectivity index (χ4n) is 2.14. The number of carboxylic acids is 1. The van der Waals surface area contributed by atoms with Crippen LogP contribution in [0.3, 0.4) is 0 Å². The molecule has 1 saturated carbocycles. The Morgan fingerprint density at radius 2 is 2.05 bits per heavy atom. The number of carboxylic acid groups (broad SMARTS) is 1. The van der Waals surface area contributed by atoms with Crippen LogP contribution in [0.25, 0.3) is 0 Å². The topological polar surface area (TPSA) is 109 Å². The number of nitrogens with one attached hydrogen (secondary N) is 1. The van der Waals surface area contributed by atoms with Crippen molar-refractivity contribution < 1.29 is 18.3 Å². The van der Waals surface area contributed by atoms with Crippen molar-refractivity contribution in [1.29, 1.82) is 0 Å². The van der Waals surface area contributed by atoms with Crippen LogP contribution in [0.15, 0.2) is 16.3 Å². The molecule has 0 spiro atoms. The van der Waals surface area contributed by atoms with Gasteiger partial charge in [0.25, 0.3) is 0 Å². The second-order valence-electron chi connectivity index (χ2n) is 4.60. The summed E-state index contributed by atoms with van der Waals surface area (Å²) in [7, 11) is -3.68. The van der Waals surface area contributed by atoms with Gasteiger partial charge in [-0.05, 0) is 25.0 Å². The molecule has 1 aromatic rings. The van der Waals surface area contributed by atoms with Gasteiger partial charge in [0.1, 0.15) is 9.09 Å². The molecule has 4 N–H and O–H groups in total. The fraction of sp³-hybridized carbons (Fsp3) is 0.545. The minimum Gasteiger partial charge on any atom is -0.477 e. The summed E-state index contributed by atoms with van der Waals surface area (Å²) in [6.07, 6.45) is 3.49. The van der Waals surface area contributed by atoms with E-state index in [-0.39, 0.29) is 21.2 Å². The van der Waals surface area contributed by atoms with Gasteiger partial charge in [-0.1, -0.05) is 12.8 Å². The van der Waals surface area contributed by atoms with E-state index >= 15 is 0 Å². The SMILES string of the molecule is NC1CCCCC1NS(=O)(=O)c1ccc(C(=O)O)s1. The first-order valence-electron chi connectivity index (χ1n) is 6.01. The van der Waals surface area contributed by atoms with Gasteiger partial charge in [-0.3, -0.25) is 0 Å². The number of carbonyl (C=O) groups is 1. The first kappa shape index (κ1) is 14.4. The van der Waals surface area contributed by atoms with Gasteiger partial charge >= 0.3 is 5.97 Å². The molecule has 0 saturated heterocycles.